The zero-order valence-electron chi connectivity index (χ0n) is 25.2. The lowest BCUT2D eigenvalue weighted by molar-refractivity contribution is 0.111. The highest BCUT2D eigenvalue weighted by molar-refractivity contribution is 9.11. The van der Waals surface area contributed by atoms with Gasteiger partial charge in [0, 0.05) is 41.2 Å². The van der Waals surface area contributed by atoms with Gasteiger partial charge in [0.2, 0.25) is 0 Å². The summed E-state index contributed by atoms with van der Waals surface area (Å²) in [5.74, 6) is 0.297. The number of hydrogen-bond donors (Lipinski definition) is 2. The number of hydrogen-bond acceptors (Lipinski definition) is 6. The van der Waals surface area contributed by atoms with Crippen molar-refractivity contribution in [3.8, 4) is 11.5 Å². The predicted molar refractivity (Wildman–Crippen MR) is 188 cm³/mol. The van der Waals surface area contributed by atoms with Crippen LogP contribution in [0.5, 0.6) is 11.5 Å². The van der Waals surface area contributed by atoms with E-state index in [0.717, 1.165) is 45.6 Å². The number of phenolic OH excluding ortho intramolecular Hbond substituents is 2. The molecule has 0 saturated heterocycles. The van der Waals surface area contributed by atoms with Crippen molar-refractivity contribution in [3.63, 3.8) is 0 Å². The van der Waals surface area contributed by atoms with E-state index in [2.05, 4.69) is 47.8 Å². The van der Waals surface area contributed by atoms with Gasteiger partial charge in [-0.3, -0.25) is 19.2 Å². The van der Waals surface area contributed by atoms with Crippen LogP contribution in [0.4, 0.5) is 0 Å². The third-order valence-corrected chi connectivity index (χ3v) is 8.74. The molecule has 0 fully saturated rings. The predicted octanol–water partition coefficient (Wildman–Crippen LogP) is 8.34. The van der Waals surface area contributed by atoms with Gasteiger partial charge in [-0.1, -0.05) is 65.4 Å². The first-order chi connectivity index (χ1) is 20.6. The molecule has 4 aromatic carbocycles. The molecule has 4 aromatic rings. The summed E-state index contributed by atoms with van der Waals surface area (Å²) in [5.41, 5.74) is 8.63. The maximum absolute atomic E-state index is 10.5. The second-order valence-corrected chi connectivity index (χ2v) is 12.3. The van der Waals surface area contributed by atoms with Crippen molar-refractivity contribution in [2.45, 2.75) is 41.5 Å². The maximum atomic E-state index is 10.5. The second kappa shape index (κ2) is 18.5. The van der Waals surface area contributed by atoms with Crippen LogP contribution in [-0.4, -0.2) is 43.2 Å². The van der Waals surface area contributed by atoms with E-state index in [1.807, 2.05) is 45.9 Å². The van der Waals surface area contributed by atoms with Gasteiger partial charge in [-0.15, -0.1) is 0 Å². The number of phenols is 2. The molecule has 0 bridgehead atoms. The van der Waals surface area contributed by atoms with Gasteiger partial charge in [-0.2, -0.15) is 0 Å². The van der Waals surface area contributed by atoms with Crippen LogP contribution >= 0.6 is 47.8 Å². The molecule has 0 heterocycles. The van der Waals surface area contributed by atoms with Crippen LogP contribution in [-0.2, 0) is 0 Å². The van der Waals surface area contributed by atoms with Crippen molar-refractivity contribution in [2.75, 3.05) is 0 Å². The summed E-state index contributed by atoms with van der Waals surface area (Å²) in [6, 6.07) is 13.8. The molecule has 10 heteroatoms. The van der Waals surface area contributed by atoms with Gasteiger partial charge in [-0.05, 0) is 106 Å². The van der Waals surface area contributed by atoms with Crippen molar-refractivity contribution < 1.29 is 29.4 Å². The Labute approximate surface area is 284 Å². The smallest absolute Gasteiger partial charge is 0.151 e. The Morgan fingerprint density at radius 1 is 0.523 bits per heavy atom. The van der Waals surface area contributed by atoms with Gasteiger partial charge in [0.25, 0.3) is 0 Å². The summed E-state index contributed by atoms with van der Waals surface area (Å²) < 4.78 is 2.29. The Hall–Kier alpha value is -3.34. The van der Waals surface area contributed by atoms with E-state index >= 15 is 0 Å². The average molecular weight is 787 g/mol. The fourth-order valence-electron chi connectivity index (χ4n) is 3.50. The molecule has 0 aliphatic heterocycles. The molecule has 44 heavy (non-hydrogen) atoms. The van der Waals surface area contributed by atoms with Crippen molar-refractivity contribution in [1.29, 1.82) is 0 Å². The van der Waals surface area contributed by atoms with Gasteiger partial charge in [-0.25, -0.2) is 0 Å². The Bertz CT molecular complexity index is 1550. The third-order valence-electron chi connectivity index (χ3n) is 6.67. The van der Waals surface area contributed by atoms with E-state index < -0.39 is 0 Å². The highest BCUT2D eigenvalue weighted by atomic mass is 79.9. The minimum Gasteiger partial charge on any atom is -0.508 e. The molecule has 4 rings (SSSR count). The highest BCUT2D eigenvalue weighted by Gasteiger charge is 2.06. The Morgan fingerprint density at radius 2 is 1.02 bits per heavy atom. The first-order valence-electron chi connectivity index (χ1n) is 13.0. The Kier molecular flexibility index (Phi) is 16.2. The van der Waals surface area contributed by atoms with Crippen molar-refractivity contribution >= 4 is 86.2 Å². The monoisotopic (exact) mass is 784 g/mol. The van der Waals surface area contributed by atoms with E-state index in [9.17, 15) is 29.4 Å². The SMILES string of the molecule is Cc1c(O)ccc(Br)c1C=O.Cc1cc(Br)c(C=O)cc1C.Cc1cc(Br)c(C=O)cc1O.[B]c1ccc(C)c(C)c1C=O. The summed E-state index contributed by atoms with van der Waals surface area (Å²) in [7, 11) is 5.57. The maximum Gasteiger partial charge on any atom is 0.151 e. The van der Waals surface area contributed by atoms with E-state index in [4.69, 9.17) is 7.85 Å². The molecule has 0 aliphatic rings. The van der Waals surface area contributed by atoms with Crippen LogP contribution in [0.3, 0.4) is 0 Å². The molecule has 0 amide bonds. The summed E-state index contributed by atoms with van der Waals surface area (Å²) in [6.45, 7) is 11.3. The van der Waals surface area contributed by atoms with Gasteiger partial charge >= 0.3 is 0 Å². The van der Waals surface area contributed by atoms with Gasteiger partial charge in [0.05, 0.1) is 0 Å². The van der Waals surface area contributed by atoms with Crippen LogP contribution in [0.25, 0.3) is 0 Å². The number of carbonyl (C=O) groups excluding carboxylic acids is 4. The number of aryl methyl sites for hydroxylation is 4. The molecule has 0 aliphatic carbocycles. The lowest BCUT2D eigenvalue weighted by atomic mass is 9.87. The summed E-state index contributed by atoms with van der Waals surface area (Å²) in [4.78, 5) is 41.8. The third kappa shape index (κ3) is 11.0. The van der Waals surface area contributed by atoms with Crippen LogP contribution in [0.15, 0.2) is 61.9 Å². The molecular formula is C34H32BBr3O6. The van der Waals surface area contributed by atoms with Crippen LogP contribution < -0.4 is 5.46 Å². The Morgan fingerprint density at radius 3 is 1.50 bits per heavy atom. The standard InChI is InChI=1S/C9H9BO.C9H9BrO.2C8H7BrO2/c1-6-3-4-9(10)8(5-11)7(6)2;1-6-3-8(5-11)9(10)4-7(6)2;1-5-2-7(9)6(4-10)3-8(5)11;1-5-6(4-10)7(9)2-3-8(5)11/h2*3-5H,1-2H3;2*2-4,11H,1H3. The van der Waals surface area contributed by atoms with E-state index in [1.54, 1.807) is 38.1 Å². The summed E-state index contributed by atoms with van der Waals surface area (Å²) in [6.07, 6.45) is 3.08. The van der Waals surface area contributed by atoms with Gasteiger partial charge in [0.1, 0.15) is 25.6 Å². The van der Waals surface area contributed by atoms with Gasteiger partial charge < -0.3 is 10.2 Å². The quantitative estimate of drug-likeness (QED) is 0.159. The first-order valence-corrected chi connectivity index (χ1v) is 15.4. The van der Waals surface area contributed by atoms with Crippen molar-refractivity contribution in [1.82, 2.24) is 0 Å². The molecule has 6 nitrogen and oxygen atoms in total. The van der Waals surface area contributed by atoms with Gasteiger partial charge in [0.15, 0.2) is 18.9 Å². The molecule has 2 N–H and O–H groups in total. The molecule has 0 atom stereocenters. The topological polar surface area (TPSA) is 109 Å². The number of carbonyl (C=O) groups is 4. The lowest BCUT2D eigenvalue weighted by Crippen LogP contribution is -2.12. The first kappa shape index (κ1) is 38.7. The number of halogens is 3. The average Bonchev–Trinajstić information content (AvgIpc) is 2.98. The fourth-order valence-corrected chi connectivity index (χ4v) is 5.13. The number of rotatable bonds is 4. The summed E-state index contributed by atoms with van der Waals surface area (Å²) in [5, 5.41) is 18.4. The fraction of sp³-hybridized carbons (Fsp3) is 0.176. The molecule has 0 saturated carbocycles. The molecule has 0 spiro atoms. The Balaban J connectivity index is 0.000000293. The molecule has 228 valence electrons. The number of aldehydes is 4. The van der Waals surface area contributed by atoms with E-state index in [0.29, 0.717) is 48.5 Å². The number of aromatic hydroxyl groups is 2. The van der Waals surface area contributed by atoms with Crippen LogP contribution in [0, 0.1) is 41.5 Å². The van der Waals surface area contributed by atoms with Crippen LogP contribution in [0.2, 0.25) is 0 Å². The van der Waals surface area contributed by atoms with E-state index in [1.165, 1.54) is 11.6 Å². The normalized spacial score (nSPS) is 9.66. The molecule has 2 radical (unpaired) electrons. The highest BCUT2D eigenvalue weighted by Crippen LogP contribution is 2.26. The zero-order valence-corrected chi connectivity index (χ0v) is 29.9. The second-order valence-electron chi connectivity index (χ2n) is 9.71. The van der Waals surface area contributed by atoms with Crippen molar-refractivity contribution in [3.05, 3.63) is 118 Å². The molecule has 0 unspecified atom stereocenters. The van der Waals surface area contributed by atoms with Crippen LogP contribution in [0.1, 0.15) is 74.8 Å². The van der Waals surface area contributed by atoms with E-state index in [-0.39, 0.29) is 11.5 Å². The zero-order chi connectivity index (χ0) is 33.7. The number of benzene rings is 4. The summed E-state index contributed by atoms with van der Waals surface area (Å²) >= 11 is 9.71. The molecule has 0 aromatic heterocycles. The van der Waals surface area contributed by atoms with Crippen molar-refractivity contribution in [2.24, 2.45) is 0 Å². The molecular weight excluding hydrogens is 755 g/mol. The minimum atomic E-state index is 0.148. The lowest BCUT2D eigenvalue weighted by Gasteiger charge is -2.05. The minimum absolute atomic E-state index is 0.148. The largest absolute Gasteiger partial charge is 0.508 e.